The van der Waals surface area contributed by atoms with Gasteiger partial charge in [-0.05, 0) is 35.8 Å². The smallest absolute Gasteiger partial charge is 0.506 e. The van der Waals surface area contributed by atoms with Gasteiger partial charge in [-0.25, -0.2) is 9.19 Å². The molecule has 4 rings (SSSR count). The number of hydrogen-bond acceptors (Lipinski definition) is 6. The van der Waals surface area contributed by atoms with Crippen molar-refractivity contribution in [3.05, 3.63) is 60.9 Å². The Morgan fingerprint density at radius 3 is 2.50 bits per heavy atom. The van der Waals surface area contributed by atoms with Gasteiger partial charge in [-0.3, -0.25) is 5.10 Å². The zero-order valence-electron chi connectivity index (χ0n) is 16.1. The summed E-state index contributed by atoms with van der Waals surface area (Å²) in [6.45, 7) is 0. The number of rotatable bonds is 6. The number of phenolic OH excluding ortho intramolecular Hbond substituents is 1. The summed E-state index contributed by atoms with van der Waals surface area (Å²) in [7, 11) is -3.50. The Morgan fingerprint density at radius 1 is 1.12 bits per heavy atom. The largest absolute Gasteiger partial charge is 0.573 e. The highest BCUT2D eigenvalue weighted by Gasteiger charge is 2.33. The van der Waals surface area contributed by atoms with Crippen LogP contribution in [0.3, 0.4) is 0 Å². The van der Waals surface area contributed by atoms with E-state index >= 15 is 0 Å². The molecule has 0 radical (unpaired) electrons. The number of benzene rings is 3. The van der Waals surface area contributed by atoms with Crippen LogP contribution in [0.25, 0.3) is 10.8 Å². The van der Waals surface area contributed by atoms with Gasteiger partial charge in [-0.2, -0.15) is 5.10 Å². The monoisotopic (exact) mass is 480 g/mol. The number of phenols is 1. The van der Waals surface area contributed by atoms with E-state index in [9.17, 15) is 22.5 Å². The molecule has 0 spiro atoms. The number of halogens is 3. The van der Waals surface area contributed by atoms with Crippen LogP contribution in [0, 0.1) is 0 Å². The first kappa shape index (κ1) is 21.8. The molecule has 3 N–H and O–H groups in total. The number of aromatic amines is 1. The van der Waals surface area contributed by atoms with E-state index in [0.29, 0.717) is 26.5 Å². The van der Waals surface area contributed by atoms with E-state index in [-0.39, 0.29) is 10.6 Å². The summed E-state index contributed by atoms with van der Waals surface area (Å²) in [5.41, 5.74) is 0.294. The highest BCUT2D eigenvalue weighted by atomic mass is 32.2. The fourth-order valence-corrected chi connectivity index (χ4v) is 5.17. The van der Waals surface area contributed by atoms with Crippen LogP contribution in [-0.2, 0) is 9.71 Å². The van der Waals surface area contributed by atoms with Crippen molar-refractivity contribution in [2.45, 2.75) is 21.3 Å². The van der Waals surface area contributed by atoms with Crippen molar-refractivity contribution in [3.8, 4) is 11.5 Å². The summed E-state index contributed by atoms with van der Waals surface area (Å²) in [6, 6.07) is 13.4. The molecule has 3 aromatic carbocycles. The zero-order chi connectivity index (χ0) is 22.9. The van der Waals surface area contributed by atoms with Gasteiger partial charge in [-0.1, -0.05) is 36.4 Å². The normalized spacial score (nSPS) is 13.6. The first-order valence-corrected chi connectivity index (χ1v) is 11.5. The molecule has 166 valence electrons. The van der Waals surface area contributed by atoms with E-state index < -0.39 is 21.8 Å². The SMILES string of the molecule is C=S(=O)(Nc1cc(Sc2ncn[nH]2)c(O)c2ccccc12)c1ccccc1OC(F)(F)F. The highest BCUT2D eigenvalue weighted by Crippen LogP contribution is 2.42. The lowest BCUT2D eigenvalue weighted by atomic mass is 10.1. The van der Waals surface area contributed by atoms with Gasteiger partial charge in [0.1, 0.15) is 17.8 Å². The molecule has 1 heterocycles. The van der Waals surface area contributed by atoms with Crippen LogP contribution >= 0.6 is 11.8 Å². The predicted molar refractivity (Wildman–Crippen MR) is 116 cm³/mol. The number of para-hydroxylation sites is 1. The van der Waals surface area contributed by atoms with Gasteiger partial charge < -0.3 is 14.6 Å². The molecule has 32 heavy (non-hydrogen) atoms. The fourth-order valence-electron chi connectivity index (χ4n) is 3.01. The number of anilines is 1. The van der Waals surface area contributed by atoms with Crippen molar-refractivity contribution in [1.29, 1.82) is 0 Å². The molecule has 7 nitrogen and oxygen atoms in total. The number of nitrogens with one attached hydrogen (secondary N) is 2. The van der Waals surface area contributed by atoms with Gasteiger partial charge in [0.25, 0.3) is 0 Å². The zero-order valence-corrected chi connectivity index (χ0v) is 17.7. The topological polar surface area (TPSA) is 100 Å². The number of alkyl halides is 3. The van der Waals surface area contributed by atoms with Crippen molar-refractivity contribution in [1.82, 2.24) is 15.2 Å². The third-order valence-corrected chi connectivity index (χ3v) is 6.80. The molecule has 0 saturated heterocycles. The molecule has 4 aromatic rings. The van der Waals surface area contributed by atoms with Crippen molar-refractivity contribution >= 4 is 43.8 Å². The van der Waals surface area contributed by atoms with Gasteiger partial charge in [0.15, 0.2) is 5.16 Å². The van der Waals surface area contributed by atoms with E-state index in [2.05, 4.69) is 30.5 Å². The van der Waals surface area contributed by atoms with E-state index in [0.717, 1.165) is 17.8 Å². The van der Waals surface area contributed by atoms with Crippen molar-refractivity contribution in [2.24, 2.45) is 0 Å². The molecule has 0 bridgehead atoms. The molecule has 0 aliphatic carbocycles. The van der Waals surface area contributed by atoms with Gasteiger partial charge in [-0.15, -0.1) is 13.2 Å². The standard InChI is InChI=1S/C20H15F3N4O3S2/c1-32(29,17-9-5-4-8-15(17)30-20(21,22)23)27-14-10-16(31-19-24-11-25-26-19)18(28)13-7-3-2-6-12(13)14/h2-11,28H,1H2,(H,27,29)(H,24,25,26). The maximum absolute atomic E-state index is 13.5. The second kappa shape index (κ2) is 8.28. The first-order chi connectivity index (χ1) is 15.1. The maximum Gasteiger partial charge on any atom is 0.573 e. The second-order valence-electron chi connectivity index (χ2n) is 6.48. The van der Waals surface area contributed by atoms with E-state index in [1.54, 1.807) is 24.3 Å². The van der Waals surface area contributed by atoms with Gasteiger partial charge in [0.2, 0.25) is 0 Å². The number of H-pyrrole nitrogens is 1. The summed E-state index contributed by atoms with van der Waals surface area (Å²) >= 11 is 1.08. The molecule has 0 fully saturated rings. The molecular weight excluding hydrogens is 465 g/mol. The first-order valence-electron chi connectivity index (χ1n) is 8.92. The lowest BCUT2D eigenvalue weighted by Gasteiger charge is -2.19. The Hall–Kier alpha value is -3.38. The van der Waals surface area contributed by atoms with Gasteiger partial charge >= 0.3 is 6.36 Å². The lowest BCUT2D eigenvalue weighted by molar-refractivity contribution is -0.275. The number of fused-ring (bicyclic) bond motifs is 1. The Balaban J connectivity index is 1.80. The number of aromatic nitrogens is 3. The molecule has 1 aromatic heterocycles. The highest BCUT2D eigenvalue weighted by molar-refractivity contribution is 8.01. The maximum atomic E-state index is 13.5. The summed E-state index contributed by atoms with van der Waals surface area (Å²) in [5.74, 6) is 2.98. The average Bonchev–Trinajstić information content (AvgIpc) is 3.23. The van der Waals surface area contributed by atoms with E-state index in [1.165, 1.54) is 30.6 Å². The number of hydrogen-bond donors (Lipinski definition) is 3. The molecular formula is C20H15F3N4O3S2. The van der Waals surface area contributed by atoms with Crippen LogP contribution in [0.15, 0.2) is 75.9 Å². The van der Waals surface area contributed by atoms with Crippen LogP contribution < -0.4 is 9.46 Å². The summed E-state index contributed by atoms with van der Waals surface area (Å²) in [6.07, 6.45) is -3.66. The Labute approximate surface area is 184 Å². The third-order valence-electron chi connectivity index (χ3n) is 4.29. The van der Waals surface area contributed by atoms with Gasteiger partial charge in [0.05, 0.1) is 25.2 Å². The molecule has 0 amide bonds. The third kappa shape index (κ3) is 4.60. The summed E-state index contributed by atoms with van der Waals surface area (Å²) < 4.78 is 58.7. The molecule has 1 atom stereocenters. The number of ether oxygens (including phenoxy) is 1. The summed E-state index contributed by atoms with van der Waals surface area (Å²) in [5, 5.41) is 18.5. The van der Waals surface area contributed by atoms with Crippen LogP contribution in [-0.4, -0.2) is 36.7 Å². The van der Waals surface area contributed by atoms with Crippen molar-refractivity contribution < 1.29 is 27.2 Å². The average molecular weight is 480 g/mol. The van der Waals surface area contributed by atoms with Crippen molar-refractivity contribution in [2.75, 3.05) is 4.72 Å². The predicted octanol–water partition coefficient (Wildman–Crippen LogP) is 4.82. The molecule has 12 heteroatoms. The number of nitrogens with zero attached hydrogens (tertiary/aromatic N) is 2. The van der Waals surface area contributed by atoms with E-state index in [4.69, 9.17) is 0 Å². The quantitative estimate of drug-likeness (QED) is 0.270. The minimum absolute atomic E-state index is 0.0380. The Bertz CT molecular complexity index is 1370. The molecule has 1 unspecified atom stereocenters. The van der Waals surface area contributed by atoms with Gasteiger partial charge in [0, 0.05) is 10.8 Å². The minimum atomic E-state index is -4.96. The van der Waals surface area contributed by atoms with Crippen LogP contribution in [0.4, 0.5) is 18.9 Å². The molecule has 0 aliphatic rings. The Morgan fingerprint density at radius 2 is 1.81 bits per heavy atom. The molecule has 0 saturated carbocycles. The second-order valence-corrected chi connectivity index (χ2v) is 9.51. The number of aromatic hydroxyl groups is 1. The minimum Gasteiger partial charge on any atom is -0.506 e. The van der Waals surface area contributed by atoms with Crippen LogP contribution in [0.2, 0.25) is 0 Å². The van der Waals surface area contributed by atoms with E-state index in [1.807, 2.05) is 0 Å². The Kier molecular flexibility index (Phi) is 5.65. The fraction of sp³-hybridized carbons (Fsp3) is 0.0500. The van der Waals surface area contributed by atoms with Crippen LogP contribution in [0.5, 0.6) is 11.5 Å². The lowest BCUT2D eigenvalue weighted by Crippen LogP contribution is -2.20. The molecule has 0 aliphatic heterocycles. The van der Waals surface area contributed by atoms with Crippen molar-refractivity contribution in [3.63, 3.8) is 0 Å². The van der Waals surface area contributed by atoms with Crippen LogP contribution in [0.1, 0.15) is 0 Å². The summed E-state index contributed by atoms with van der Waals surface area (Å²) in [4.78, 5) is 4.11.